The molecule has 6 heteroatoms. The molecule has 0 aromatic carbocycles. The fourth-order valence-corrected chi connectivity index (χ4v) is 3.35. The van der Waals surface area contributed by atoms with Crippen LogP contribution in [0, 0.1) is 0 Å². The molecule has 2 aliphatic rings. The summed E-state index contributed by atoms with van der Waals surface area (Å²) in [7, 11) is 0. The number of rotatable bonds is 2. The Kier molecular flexibility index (Phi) is 3.59. The lowest BCUT2D eigenvalue weighted by molar-refractivity contribution is -0.0770. The zero-order valence-corrected chi connectivity index (χ0v) is 11.5. The summed E-state index contributed by atoms with van der Waals surface area (Å²) in [5, 5.41) is 7.53. The first-order valence-corrected chi connectivity index (χ1v) is 7.73. The topological polar surface area (TPSA) is 60.2 Å². The van der Waals surface area contributed by atoms with Gasteiger partial charge in [-0.3, -0.25) is 0 Å². The third kappa shape index (κ3) is 2.41. The average Bonchev–Trinajstić information content (AvgIpc) is 2.91. The largest absolute Gasteiger partial charge is 0.367 e. The van der Waals surface area contributed by atoms with E-state index in [0.29, 0.717) is 11.7 Å². The van der Waals surface area contributed by atoms with Gasteiger partial charge in [-0.15, -0.1) is 0 Å². The van der Waals surface area contributed by atoms with Crippen molar-refractivity contribution in [2.45, 2.75) is 37.8 Å². The molecule has 18 heavy (non-hydrogen) atoms. The van der Waals surface area contributed by atoms with E-state index < -0.39 is 0 Å². The smallest absolute Gasteiger partial charge is 0.244 e. The minimum Gasteiger partial charge on any atom is -0.367 e. The van der Waals surface area contributed by atoms with Crippen molar-refractivity contribution in [3.8, 4) is 0 Å². The molecule has 5 nitrogen and oxygen atoms in total. The van der Waals surface area contributed by atoms with Crippen LogP contribution in [-0.4, -0.2) is 34.8 Å². The molecule has 1 aromatic rings. The van der Waals surface area contributed by atoms with Crippen LogP contribution < -0.4 is 5.32 Å². The molecule has 0 saturated carbocycles. The number of thioether (sulfide) groups is 1. The van der Waals surface area contributed by atoms with Crippen molar-refractivity contribution in [3.05, 3.63) is 11.7 Å². The molecule has 0 aliphatic carbocycles. The van der Waals surface area contributed by atoms with Gasteiger partial charge in [-0.2, -0.15) is 16.7 Å². The molecule has 2 unspecified atom stereocenters. The lowest BCUT2D eigenvalue weighted by atomic mass is 9.95. The van der Waals surface area contributed by atoms with E-state index in [1.165, 1.54) is 0 Å². The summed E-state index contributed by atoms with van der Waals surface area (Å²) in [4.78, 5) is 4.55. The first-order chi connectivity index (χ1) is 8.78. The van der Waals surface area contributed by atoms with Crippen molar-refractivity contribution in [1.82, 2.24) is 15.5 Å². The second-order valence-corrected chi connectivity index (χ2v) is 6.22. The lowest BCUT2D eigenvalue weighted by Crippen LogP contribution is -2.32. The highest BCUT2D eigenvalue weighted by Gasteiger charge is 2.36. The molecule has 1 aromatic heterocycles. The molecule has 2 fully saturated rings. The van der Waals surface area contributed by atoms with Gasteiger partial charge in [0.2, 0.25) is 11.7 Å². The Morgan fingerprint density at radius 3 is 3.11 bits per heavy atom. The molecule has 2 atom stereocenters. The molecule has 2 saturated heterocycles. The zero-order chi connectivity index (χ0) is 12.4. The van der Waals surface area contributed by atoms with Crippen molar-refractivity contribution in [2.75, 3.05) is 24.7 Å². The summed E-state index contributed by atoms with van der Waals surface area (Å²) in [5.41, 5.74) is -0.359. The Morgan fingerprint density at radius 1 is 1.44 bits per heavy atom. The van der Waals surface area contributed by atoms with E-state index in [2.05, 4.69) is 22.4 Å². The molecule has 3 heterocycles. The quantitative estimate of drug-likeness (QED) is 0.884. The highest BCUT2D eigenvalue weighted by Crippen LogP contribution is 2.33. The summed E-state index contributed by atoms with van der Waals surface area (Å²) in [6.07, 6.45) is 3.26. The SMILES string of the molecule is CC1(c2noc(C3CSCCN3)n2)CCCCO1. The van der Waals surface area contributed by atoms with Crippen molar-refractivity contribution >= 4 is 11.8 Å². The maximum absolute atomic E-state index is 5.84. The summed E-state index contributed by atoms with van der Waals surface area (Å²) < 4.78 is 11.2. The average molecular weight is 269 g/mol. The van der Waals surface area contributed by atoms with Crippen molar-refractivity contribution in [1.29, 1.82) is 0 Å². The van der Waals surface area contributed by atoms with Crippen LogP contribution >= 0.6 is 11.8 Å². The van der Waals surface area contributed by atoms with Gasteiger partial charge in [0.25, 0.3) is 0 Å². The summed E-state index contributed by atoms with van der Waals surface area (Å²) in [5.74, 6) is 3.56. The van der Waals surface area contributed by atoms with Crippen molar-refractivity contribution in [2.24, 2.45) is 0 Å². The molecule has 2 aliphatic heterocycles. The van der Waals surface area contributed by atoms with E-state index in [1.54, 1.807) is 0 Å². The van der Waals surface area contributed by atoms with Crippen LogP contribution in [0.1, 0.15) is 43.9 Å². The molecular weight excluding hydrogens is 250 g/mol. The van der Waals surface area contributed by atoms with Gasteiger partial charge >= 0.3 is 0 Å². The van der Waals surface area contributed by atoms with Gasteiger partial charge < -0.3 is 14.6 Å². The van der Waals surface area contributed by atoms with Crippen LogP contribution in [0.2, 0.25) is 0 Å². The summed E-state index contributed by atoms with van der Waals surface area (Å²) in [6, 6.07) is 0.192. The molecule has 0 bridgehead atoms. The van der Waals surface area contributed by atoms with Crippen LogP contribution in [-0.2, 0) is 10.3 Å². The second-order valence-electron chi connectivity index (χ2n) is 5.07. The van der Waals surface area contributed by atoms with Gasteiger partial charge in [-0.1, -0.05) is 5.16 Å². The van der Waals surface area contributed by atoms with E-state index in [1.807, 2.05) is 11.8 Å². The monoisotopic (exact) mass is 269 g/mol. The van der Waals surface area contributed by atoms with Gasteiger partial charge in [0.05, 0.1) is 6.04 Å². The van der Waals surface area contributed by atoms with Crippen molar-refractivity contribution in [3.63, 3.8) is 0 Å². The van der Waals surface area contributed by atoms with Crippen LogP contribution in [0.3, 0.4) is 0 Å². The maximum atomic E-state index is 5.84. The number of hydrogen-bond acceptors (Lipinski definition) is 6. The summed E-state index contributed by atoms with van der Waals surface area (Å²) in [6.45, 7) is 3.85. The second kappa shape index (κ2) is 5.19. The van der Waals surface area contributed by atoms with Crippen LogP contribution in [0.15, 0.2) is 4.52 Å². The number of ether oxygens (including phenoxy) is 1. The van der Waals surface area contributed by atoms with E-state index >= 15 is 0 Å². The Morgan fingerprint density at radius 2 is 2.39 bits per heavy atom. The van der Waals surface area contributed by atoms with Gasteiger partial charge in [0, 0.05) is 24.7 Å². The first kappa shape index (κ1) is 12.4. The molecule has 0 spiro atoms. The number of nitrogens with zero attached hydrogens (tertiary/aromatic N) is 2. The zero-order valence-electron chi connectivity index (χ0n) is 10.6. The summed E-state index contributed by atoms with van der Waals surface area (Å²) >= 11 is 1.92. The van der Waals surface area contributed by atoms with Crippen LogP contribution in [0.5, 0.6) is 0 Å². The molecule has 3 rings (SSSR count). The van der Waals surface area contributed by atoms with E-state index in [0.717, 1.165) is 43.9 Å². The minimum absolute atomic E-state index is 0.192. The third-order valence-corrected chi connectivity index (χ3v) is 4.67. The maximum Gasteiger partial charge on any atom is 0.244 e. The third-order valence-electron chi connectivity index (χ3n) is 3.60. The van der Waals surface area contributed by atoms with E-state index in [-0.39, 0.29) is 11.6 Å². The van der Waals surface area contributed by atoms with Gasteiger partial charge in [-0.25, -0.2) is 0 Å². The highest BCUT2D eigenvalue weighted by atomic mass is 32.2. The normalized spacial score (nSPS) is 33.5. The first-order valence-electron chi connectivity index (χ1n) is 6.57. The standard InChI is InChI=1S/C12H19N3O2S/c1-12(4-2-3-6-16-12)11-14-10(17-15-11)9-8-18-7-5-13-9/h9,13H,2-8H2,1H3. The van der Waals surface area contributed by atoms with Gasteiger partial charge in [0.15, 0.2) is 0 Å². The van der Waals surface area contributed by atoms with E-state index in [4.69, 9.17) is 9.26 Å². The fraction of sp³-hybridized carbons (Fsp3) is 0.833. The predicted molar refractivity (Wildman–Crippen MR) is 69.5 cm³/mol. The highest BCUT2D eigenvalue weighted by molar-refractivity contribution is 7.99. The van der Waals surface area contributed by atoms with Gasteiger partial charge in [0.1, 0.15) is 5.60 Å². The molecule has 100 valence electrons. The Hall–Kier alpha value is -0.590. The fourth-order valence-electron chi connectivity index (χ4n) is 2.43. The molecule has 1 N–H and O–H groups in total. The molecular formula is C12H19N3O2S. The van der Waals surface area contributed by atoms with Crippen LogP contribution in [0.25, 0.3) is 0 Å². The van der Waals surface area contributed by atoms with E-state index in [9.17, 15) is 0 Å². The number of hydrogen-bond donors (Lipinski definition) is 1. The Labute approximate surface area is 111 Å². The van der Waals surface area contributed by atoms with Crippen LogP contribution in [0.4, 0.5) is 0 Å². The minimum atomic E-state index is -0.359. The van der Waals surface area contributed by atoms with Gasteiger partial charge in [-0.05, 0) is 26.2 Å². The molecule has 0 amide bonds. The predicted octanol–water partition coefficient (Wildman–Crippen LogP) is 1.86. The Bertz CT molecular complexity index is 398. The number of aromatic nitrogens is 2. The van der Waals surface area contributed by atoms with Crippen molar-refractivity contribution < 1.29 is 9.26 Å². The lowest BCUT2D eigenvalue weighted by Gasteiger charge is -2.30. The Balaban J connectivity index is 1.75. The number of nitrogens with one attached hydrogen (secondary N) is 1. The molecule has 0 radical (unpaired) electrons.